The molecule has 1 heterocycles. The molecule has 0 atom stereocenters. The number of hydrogen-bond acceptors (Lipinski definition) is 1. The molecule has 0 bridgehead atoms. The van der Waals surface area contributed by atoms with Gasteiger partial charge in [-0.1, -0.05) is 47.0 Å². The summed E-state index contributed by atoms with van der Waals surface area (Å²) in [6.07, 6.45) is 2.06. The minimum atomic E-state index is 0. The zero-order chi connectivity index (χ0) is 19.5. The third kappa shape index (κ3) is 4.64. The smallest absolute Gasteiger partial charge is 0.160 e. The zero-order valence-corrected chi connectivity index (χ0v) is 19.3. The molecular formula is C26H24IrN2. The van der Waals surface area contributed by atoms with Crippen molar-refractivity contribution in [3.05, 3.63) is 108 Å². The average Bonchev–Trinajstić information content (AvgIpc) is 2.72. The van der Waals surface area contributed by atoms with Crippen molar-refractivity contribution in [1.29, 1.82) is 0 Å². The number of hydrogen-bond donors (Lipinski definition) is 0. The van der Waals surface area contributed by atoms with Crippen molar-refractivity contribution in [2.24, 2.45) is 7.05 Å². The van der Waals surface area contributed by atoms with Gasteiger partial charge in [0.05, 0.1) is 0 Å². The van der Waals surface area contributed by atoms with Gasteiger partial charge in [0.25, 0.3) is 0 Å². The molecule has 0 aliphatic rings. The van der Waals surface area contributed by atoms with Crippen molar-refractivity contribution in [3.63, 3.8) is 0 Å². The van der Waals surface area contributed by atoms with Crippen molar-refractivity contribution in [1.82, 2.24) is 0 Å². The number of benzene rings is 3. The van der Waals surface area contributed by atoms with Crippen LogP contribution in [0.3, 0.4) is 0 Å². The van der Waals surface area contributed by atoms with Crippen LogP contribution in [0, 0.1) is 19.9 Å². The van der Waals surface area contributed by atoms with E-state index in [9.17, 15) is 0 Å². The van der Waals surface area contributed by atoms with Crippen molar-refractivity contribution < 1.29 is 24.7 Å². The molecule has 0 aliphatic heterocycles. The number of aryl methyl sites for hydroxylation is 3. The normalized spacial score (nSPS) is 10.3. The first kappa shape index (κ1) is 21.0. The fourth-order valence-electron chi connectivity index (χ4n) is 3.38. The molecule has 2 nitrogen and oxygen atoms in total. The van der Waals surface area contributed by atoms with Crippen LogP contribution in [0.1, 0.15) is 11.1 Å². The Balaban J connectivity index is 0.00000240. The molecule has 0 spiro atoms. The molecule has 3 aromatic carbocycles. The van der Waals surface area contributed by atoms with Gasteiger partial charge in [0.2, 0.25) is 0 Å². The number of nitrogens with zero attached hydrogens (tertiary/aromatic N) is 2. The summed E-state index contributed by atoms with van der Waals surface area (Å²) in [4.78, 5) is 2.29. The van der Waals surface area contributed by atoms with Gasteiger partial charge >= 0.3 is 0 Å². The van der Waals surface area contributed by atoms with E-state index in [1.165, 1.54) is 11.1 Å². The summed E-state index contributed by atoms with van der Waals surface area (Å²) < 4.78 is 2.12. The predicted molar refractivity (Wildman–Crippen MR) is 116 cm³/mol. The second-order valence-electron chi connectivity index (χ2n) is 7.16. The standard InChI is InChI=1S/C26H24N2.Ir/c1-20-10-14-23(15-11-20)28(24-16-12-21(2)13-17-24)25-8-6-7-22(19-25)26-9-4-5-18-27(26)3;/h4-6,8-19H,1-3H3;. The van der Waals surface area contributed by atoms with Crippen molar-refractivity contribution in [2.45, 2.75) is 13.8 Å². The van der Waals surface area contributed by atoms with Gasteiger partial charge in [-0.25, -0.2) is 4.57 Å². The molecule has 1 radical (unpaired) electrons. The molecule has 0 aliphatic carbocycles. The van der Waals surface area contributed by atoms with Crippen LogP contribution in [-0.2, 0) is 27.2 Å². The fourth-order valence-corrected chi connectivity index (χ4v) is 3.38. The van der Waals surface area contributed by atoms with Gasteiger partial charge < -0.3 is 4.90 Å². The molecule has 3 heteroatoms. The van der Waals surface area contributed by atoms with Gasteiger partial charge in [-0.3, -0.25) is 0 Å². The molecule has 0 unspecified atom stereocenters. The van der Waals surface area contributed by atoms with Gasteiger partial charge in [0, 0.05) is 37.5 Å². The monoisotopic (exact) mass is 557 g/mol. The Morgan fingerprint density at radius 1 is 0.724 bits per heavy atom. The van der Waals surface area contributed by atoms with E-state index in [1.807, 2.05) is 12.1 Å². The van der Waals surface area contributed by atoms with Crippen LogP contribution in [0.5, 0.6) is 0 Å². The summed E-state index contributed by atoms with van der Waals surface area (Å²) in [5.41, 5.74) is 8.12. The van der Waals surface area contributed by atoms with Crippen LogP contribution in [0.15, 0.2) is 91.1 Å². The Labute approximate surface area is 186 Å². The second kappa shape index (κ2) is 9.17. The van der Waals surface area contributed by atoms with E-state index in [2.05, 4.69) is 115 Å². The van der Waals surface area contributed by atoms with E-state index in [4.69, 9.17) is 0 Å². The first-order valence-corrected chi connectivity index (χ1v) is 9.52. The van der Waals surface area contributed by atoms with Crippen molar-refractivity contribution in [2.75, 3.05) is 4.90 Å². The largest absolute Gasteiger partial charge is 0.328 e. The molecule has 0 saturated carbocycles. The molecule has 0 N–H and O–H groups in total. The number of aromatic nitrogens is 1. The van der Waals surface area contributed by atoms with E-state index >= 15 is 0 Å². The predicted octanol–water partition coefficient (Wildman–Crippen LogP) is 6.06. The van der Waals surface area contributed by atoms with Gasteiger partial charge in [0.1, 0.15) is 12.7 Å². The zero-order valence-electron chi connectivity index (χ0n) is 16.9. The molecule has 4 rings (SSSR count). The average molecular weight is 557 g/mol. The minimum absolute atomic E-state index is 0. The van der Waals surface area contributed by atoms with Gasteiger partial charge in [-0.15, -0.1) is 24.3 Å². The molecule has 4 aromatic rings. The van der Waals surface area contributed by atoms with Crippen LogP contribution < -0.4 is 9.47 Å². The van der Waals surface area contributed by atoms with Gasteiger partial charge in [0.15, 0.2) is 6.20 Å². The van der Waals surface area contributed by atoms with Crippen molar-refractivity contribution in [3.8, 4) is 11.3 Å². The van der Waals surface area contributed by atoms with Gasteiger partial charge in [-0.2, -0.15) is 0 Å². The summed E-state index contributed by atoms with van der Waals surface area (Å²) >= 11 is 0. The molecular weight excluding hydrogens is 533 g/mol. The summed E-state index contributed by atoms with van der Waals surface area (Å²) in [7, 11) is 2.06. The van der Waals surface area contributed by atoms with Crippen molar-refractivity contribution >= 4 is 17.1 Å². The molecule has 29 heavy (non-hydrogen) atoms. The Kier molecular flexibility index (Phi) is 6.64. The maximum absolute atomic E-state index is 3.39. The Morgan fingerprint density at radius 2 is 1.31 bits per heavy atom. The minimum Gasteiger partial charge on any atom is -0.328 e. The van der Waals surface area contributed by atoms with Crippen LogP contribution in [0.2, 0.25) is 0 Å². The van der Waals surface area contributed by atoms with Crippen LogP contribution in [0.25, 0.3) is 11.3 Å². The molecule has 0 saturated heterocycles. The number of rotatable bonds is 4. The van der Waals surface area contributed by atoms with Crippen LogP contribution >= 0.6 is 0 Å². The maximum atomic E-state index is 3.39. The Morgan fingerprint density at radius 3 is 1.86 bits per heavy atom. The first-order chi connectivity index (χ1) is 13.6. The summed E-state index contributed by atoms with van der Waals surface area (Å²) in [6, 6.07) is 33.3. The molecule has 0 amide bonds. The van der Waals surface area contributed by atoms with E-state index in [-0.39, 0.29) is 20.1 Å². The third-order valence-corrected chi connectivity index (χ3v) is 4.96. The SMILES string of the molecule is Cc1ccc(N(c2ccc(C)cc2)c2cc[c-]c(-c3cccc[n+]3C)c2)cc1.[Ir]. The molecule has 1 aromatic heterocycles. The van der Waals surface area contributed by atoms with E-state index in [0.717, 1.165) is 28.3 Å². The van der Waals surface area contributed by atoms with Crippen LogP contribution in [0.4, 0.5) is 17.1 Å². The number of pyridine rings is 1. The third-order valence-electron chi connectivity index (χ3n) is 4.96. The van der Waals surface area contributed by atoms with E-state index in [0.29, 0.717) is 0 Å². The topological polar surface area (TPSA) is 7.12 Å². The maximum Gasteiger partial charge on any atom is 0.160 e. The first-order valence-electron chi connectivity index (χ1n) is 9.52. The summed E-state index contributed by atoms with van der Waals surface area (Å²) in [6.45, 7) is 4.23. The second-order valence-corrected chi connectivity index (χ2v) is 7.16. The molecule has 0 fully saturated rings. The molecule has 147 valence electrons. The Hall–Kier alpha value is -2.74. The Bertz CT molecular complexity index is 1040. The number of anilines is 3. The van der Waals surface area contributed by atoms with E-state index in [1.54, 1.807) is 0 Å². The van der Waals surface area contributed by atoms with Gasteiger partial charge in [-0.05, 0) is 49.9 Å². The van der Waals surface area contributed by atoms with E-state index < -0.39 is 0 Å². The summed E-state index contributed by atoms with van der Waals surface area (Å²) in [5.74, 6) is 0. The quantitative estimate of drug-likeness (QED) is 0.219. The van der Waals surface area contributed by atoms with Crippen LogP contribution in [-0.4, -0.2) is 0 Å². The fraction of sp³-hybridized carbons (Fsp3) is 0.115. The summed E-state index contributed by atoms with van der Waals surface area (Å²) in [5, 5.41) is 0.